The van der Waals surface area contributed by atoms with Gasteiger partial charge in [0.15, 0.2) is 6.61 Å². The maximum atomic E-state index is 12.7. The van der Waals surface area contributed by atoms with Gasteiger partial charge in [0.25, 0.3) is 5.91 Å². The van der Waals surface area contributed by atoms with Crippen molar-refractivity contribution >= 4 is 11.8 Å². The molecular formula is C24H33N5O3. The van der Waals surface area contributed by atoms with Crippen LogP contribution in [0.5, 0.6) is 5.75 Å². The molecule has 0 bridgehead atoms. The molecule has 32 heavy (non-hydrogen) atoms. The second-order valence-corrected chi connectivity index (χ2v) is 7.92. The van der Waals surface area contributed by atoms with E-state index in [4.69, 9.17) is 10.00 Å². The topological polar surface area (TPSA) is 100 Å². The van der Waals surface area contributed by atoms with Crippen molar-refractivity contribution in [2.24, 2.45) is 0 Å². The minimum Gasteiger partial charge on any atom is -0.483 e. The Balaban J connectivity index is 2.03. The van der Waals surface area contributed by atoms with Gasteiger partial charge in [-0.05, 0) is 38.3 Å². The predicted octanol–water partition coefficient (Wildman–Crippen LogP) is 3.08. The van der Waals surface area contributed by atoms with Crippen LogP contribution in [0.15, 0.2) is 24.3 Å². The van der Waals surface area contributed by atoms with Crippen molar-refractivity contribution in [2.45, 2.75) is 59.0 Å². The van der Waals surface area contributed by atoms with E-state index in [-0.39, 0.29) is 24.5 Å². The molecule has 0 radical (unpaired) electrons. The minimum absolute atomic E-state index is 0.0528. The molecule has 1 heterocycles. The number of para-hydroxylation sites is 1. The summed E-state index contributed by atoms with van der Waals surface area (Å²) >= 11 is 0. The highest BCUT2D eigenvalue weighted by Gasteiger charge is 2.19. The number of rotatable bonds is 11. The van der Waals surface area contributed by atoms with Gasteiger partial charge in [0.05, 0.1) is 30.8 Å². The molecule has 1 aromatic carbocycles. The summed E-state index contributed by atoms with van der Waals surface area (Å²) in [7, 11) is 3.37. The summed E-state index contributed by atoms with van der Waals surface area (Å²) < 4.78 is 7.58. The summed E-state index contributed by atoms with van der Waals surface area (Å²) in [5, 5.41) is 16.4. The number of nitrogens with zero attached hydrogens (tertiary/aromatic N) is 4. The molecule has 172 valence electrons. The van der Waals surface area contributed by atoms with E-state index in [2.05, 4.69) is 16.5 Å². The lowest BCUT2D eigenvalue weighted by molar-refractivity contribution is -0.130. The molecule has 0 aliphatic carbocycles. The number of benzene rings is 1. The van der Waals surface area contributed by atoms with Crippen molar-refractivity contribution in [2.75, 3.05) is 20.7 Å². The number of aromatic nitrogens is 2. The Morgan fingerprint density at radius 3 is 2.66 bits per heavy atom. The Kier molecular flexibility index (Phi) is 9.26. The number of likely N-dealkylation sites (N-methyl/N-ethyl adjacent to an activating group) is 1. The number of ether oxygens (including phenoxy) is 1. The summed E-state index contributed by atoms with van der Waals surface area (Å²) in [5.74, 6) is 0.415. The van der Waals surface area contributed by atoms with Crippen LogP contribution in [0.4, 0.5) is 0 Å². The molecule has 0 aliphatic heterocycles. The number of carbonyl (C=O) groups excluding carboxylic acids is 2. The van der Waals surface area contributed by atoms with Gasteiger partial charge < -0.3 is 15.0 Å². The van der Waals surface area contributed by atoms with Crippen molar-refractivity contribution in [3.8, 4) is 11.8 Å². The highest BCUT2D eigenvalue weighted by molar-refractivity contribution is 5.77. The van der Waals surface area contributed by atoms with Crippen LogP contribution >= 0.6 is 0 Å². The molecular weight excluding hydrogens is 406 g/mol. The maximum absolute atomic E-state index is 12.7. The molecule has 8 nitrogen and oxygen atoms in total. The van der Waals surface area contributed by atoms with E-state index in [1.165, 1.54) is 4.90 Å². The SMILES string of the molecule is CCC(NC(=O)CCc1c(C)nn(CCC#N)c1C)c1ccccc1OCC(=O)N(C)C. The van der Waals surface area contributed by atoms with Crippen LogP contribution in [-0.2, 0) is 22.6 Å². The summed E-state index contributed by atoms with van der Waals surface area (Å²) in [6.45, 7) is 6.41. The fraction of sp³-hybridized carbons (Fsp3) is 0.500. The van der Waals surface area contributed by atoms with Gasteiger partial charge in [-0.15, -0.1) is 0 Å². The molecule has 8 heteroatoms. The Bertz CT molecular complexity index is 974. The molecule has 1 aromatic heterocycles. The predicted molar refractivity (Wildman–Crippen MR) is 122 cm³/mol. The average Bonchev–Trinajstić information content (AvgIpc) is 3.05. The summed E-state index contributed by atoms with van der Waals surface area (Å²) in [4.78, 5) is 26.1. The maximum Gasteiger partial charge on any atom is 0.259 e. The average molecular weight is 440 g/mol. The summed E-state index contributed by atoms with van der Waals surface area (Å²) in [5.41, 5.74) is 3.80. The standard InChI is InChI=1S/C24H33N5O3/c1-6-21(20-10-7-8-11-22(20)32-16-24(31)28(4)5)26-23(30)13-12-19-17(2)27-29(18(19)3)15-9-14-25/h7-8,10-11,21H,6,9,12-13,15-16H2,1-5H3,(H,26,30). The van der Waals surface area contributed by atoms with Gasteiger partial charge in [-0.3, -0.25) is 14.3 Å². The lowest BCUT2D eigenvalue weighted by atomic mass is 10.0. The quantitative estimate of drug-likeness (QED) is 0.580. The molecule has 2 aromatic rings. The van der Waals surface area contributed by atoms with Gasteiger partial charge in [0, 0.05) is 31.8 Å². The fourth-order valence-corrected chi connectivity index (χ4v) is 3.54. The first-order valence-corrected chi connectivity index (χ1v) is 10.9. The van der Waals surface area contributed by atoms with Crippen LogP contribution in [0.25, 0.3) is 0 Å². The molecule has 2 amide bonds. The fourth-order valence-electron chi connectivity index (χ4n) is 3.54. The van der Waals surface area contributed by atoms with Crippen molar-refractivity contribution in [1.29, 1.82) is 5.26 Å². The number of hydrogen-bond donors (Lipinski definition) is 1. The van der Waals surface area contributed by atoms with Crippen LogP contribution in [0.1, 0.15) is 54.7 Å². The molecule has 1 atom stereocenters. The smallest absolute Gasteiger partial charge is 0.259 e. The van der Waals surface area contributed by atoms with Crippen LogP contribution in [-0.4, -0.2) is 47.2 Å². The normalized spacial score (nSPS) is 11.5. The Labute approximate surface area is 190 Å². The molecule has 1 N–H and O–H groups in total. The lowest BCUT2D eigenvalue weighted by Gasteiger charge is -2.21. The molecule has 0 aliphatic rings. The van der Waals surface area contributed by atoms with Crippen molar-refractivity contribution in [1.82, 2.24) is 20.0 Å². The highest BCUT2D eigenvalue weighted by Crippen LogP contribution is 2.27. The van der Waals surface area contributed by atoms with Crippen molar-refractivity contribution < 1.29 is 14.3 Å². The third-order valence-electron chi connectivity index (χ3n) is 5.46. The molecule has 0 saturated heterocycles. The number of nitriles is 1. The number of carbonyl (C=O) groups is 2. The van der Waals surface area contributed by atoms with E-state index in [9.17, 15) is 9.59 Å². The van der Waals surface area contributed by atoms with E-state index < -0.39 is 0 Å². The Hall–Kier alpha value is -3.34. The largest absolute Gasteiger partial charge is 0.483 e. The third-order valence-corrected chi connectivity index (χ3v) is 5.46. The zero-order chi connectivity index (χ0) is 23.7. The van der Waals surface area contributed by atoms with E-state index in [1.54, 1.807) is 14.1 Å². The van der Waals surface area contributed by atoms with Crippen LogP contribution in [0, 0.1) is 25.2 Å². The van der Waals surface area contributed by atoms with Gasteiger partial charge in [0.1, 0.15) is 5.75 Å². The molecule has 0 spiro atoms. The lowest BCUT2D eigenvalue weighted by Crippen LogP contribution is -2.30. The van der Waals surface area contributed by atoms with Gasteiger partial charge in [-0.2, -0.15) is 10.4 Å². The Morgan fingerprint density at radius 1 is 1.28 bits per heavy atom. The zero-order valence-electron chi connectivity index (χ0n) is 19.6. The summed E-state index contributed by atoms with van der Waals surface area (Å²) in [6, 6.07) is 9.40. The van der Waals surface area contributed by atoms with E-state index >= 15 is 0 Å². The molecule has 0 saturated carbocycles. The second kappa shape index (κ2) is 11.9. The van der Waals surface area contributed by atoms with E-state index in [1.807, 2.05) is 49.7 Å². The van der Waals surface area contributed by atoms with Gasteiger partial charge >= 0.3 is 0 Å². The van der Waals surface area contributed by atoms with Crippen LogP contribution in [0.3, 0.4) is 0 Å². The number of aryl methyl sites for hydroxylation is 2. The van der Waals surface area contributed by atoms with Gasteiger partial charge in [-0.25, -0.2) is 0 Å². The molecule has 0 fully saturated rings. The monoisotopic (exact) mass is 439 g/mol. The summed E-state index contributed by atoms with van der Waals surface area (Å²) in [6.07, 6.45) is 2.02. The van der Waals surface area contributed by atoms with Crippen LogP contribution in [0.2, 0.25) is 0 Å². The zero-order valence-corrected chi connectivity index (χ0v) is 19.6. The third kappa shape index (κ3) is 6.58. The van der Waals surface area contributed by atoms with E-state index in [0.717, 1.165) is 22.5 Å². The number of hydrogen-bond acceptors (Lipinski definition) is 5. The molecule has 1 unspecified atom stereocenters. The number of nitrogens with one attached hydrogen (secondary N) is 1. The first-order chi connectivity index (χ1) is 15.3. The Morgan fingerprint density at radius 2 is 2.00 bits per heavy atom. The highest BCUT2D eigenvalue weighted by atomic mass is 16.5. The van der Waals surface area contributed by atoms with Gasteiger partial charge in [0.2, 0.25) is 5.91 Å². The first kappa shape index (κ1) is 24.9. The second-order valence-electron chi connectivity index (χ2n) is 7.92. The molecule has 2 rings (SSSR count). The first-order valence-electron chi connectivity index (χ1n) is 10.9. The number of amides is 2. The minimum atomic E-state index is -0.214. The van der Waals surface area contributed by atoms with Crippen molar-refractivity contribution in [3.05, 3.63) is 46.8 Å². The van der Waals surface area contributed by atoms with Crippen LogP contribution < -0.4 is 10.1 Å². The van der Waals surface area contributed by atoms with Gasteiger partial charge in [-0.1, -0.05) is 25.1 Å². The van der Waals surface area contributed by atoms with E-state index in [0.29, 0.717) is 38.0 Å². The van der Waals surface area contributed by atoms with Crippen molar-refractivity contribution in [3.63, 3.8) is 0 Å².